The monoisotopic (exact) mass is 787 g/mol. The quantitative estimate of drug-likeness (QED) is 0.0886. The molecule has 0 saturated carbocycles. The van der Waals surface area contributed by atoms with Crippen LogP contribution in [0.2, 0.25) is 0 Å². The number of carboxylic acid groups (broad SMARTS) is 1. The van der Waals surface area contributed by atoms with Crippen LogP contribution < -0.4 is 20.5 Å². The van der Waals surface area contributed by atoms with Crippen molar-refractivity contribution in [3.63, 3.8) is 0 Å². The van der Waals surface area contributed by atoms with Gasteiger partial charge in [-0.15, -0.1) is 11.8 Å². The molecule has 288 valence electrons. The van der Waals surface area contributed by atoms with Crippen LogP contribution >= 0.6 is 11.8 Å². The number of hydroxylamine groups is 1. The largest absolute Gasteiger partial charge is 0.508 e. The van der Waals surface area contributed by atoms with Crippen LogP contribution in [0.25, 0.3) is 0 Å². The van der Waals surface area contributed by atoms with E-state index in [9.17, 15) is 37.2 Å². The van der Waals surface area contributed by atoms with Gasteiger partial charge in [0.1, 0.15) is 11.8 Å². The van der Waals surface area contributed by atoms with Gasteiger partial charge in [0.2, 0.25) is 5.91 Å². The van der Waals surface area contributed by atoms with Crippen LogP contribution in [0, 0.1) is 5.41 Å². The van der Waals surface area contributed by atoms with Gasteiger partial charge >= 0.3 is 5.97 Å². The molecule has 3 aromatic carbocycles. The Hall–Kier alpha value is -4.08. The molecule has 0 spiro atoms. The number of phenolic OH excluding ortho intramolecular Hbond substituents is 1. The van der Waals surface area contributed by atoms with Crippen LogP contribution in [0.5, 0.6) is 11.5 Å². The predicted octanol–water partition coefficient (Wildman–Crippen LogP) is 5.94. The zero-order chi connectivity index (χ0) is 38.8. The molecule has 0 saturated heterocycles. The molecule has 0 aliphatic carbocycles. The fraction of sp³-hybridized carbons (Fsp3) is 0.447. The number of carbonyl (C=O) groups is 3. The van der Waals surface area contributed by atoms with Crippen LogP contribution in [-0.4, -0.2) is 77.2 Å². The summed E-state index contributed by atoms with van der Waals surface area (Å²) < 4.78 is 40.6. The van der Waals surface area contributed by atoms with Gasteiger partial charge in [-0.05, 0) is 55.0 Å². The summed E-state index contributed by atoms with van der Waals surface area (Å²) >= 11 is 1.32. The predicted molar refractivity (Wildman–Crippen MR) is 208 cm³/mol. The molecular weight excluding hydrogens is 739 g/mol. The summed E-state index contributed by atoms with van der Waals surface area (Å²) in [6.07, 6.45) is 7.83. The molecule has 1 heterocycles. The number of amides is 2. The molecule has 12 nitrogen and oxygen atoms in total. The Balaban J connectivity index is 1.68. The standard InChI is InChI=1S/C38H49N3O9S3/c1-5-7-18-38(19-8-6-2)24-41(27-12-10-9-11-13-27)31-21-33(51-3)32(22-34(31)53(48,49)25-38)50-40-35(43)20-29(26-14-16-28(42)17-15-26)36(44)39-30(37(45)46)23-52(4)47/h9-17,21-22,29-30,42H,5-8,18-20,23-25H2,1-4H3,(H,39,44)(H,40,43)(H,45,46). The number of fused-ring (bicyclic) bond motifs is 1. The first-order valence-corrected chi connectivity index (χ1v) is 22.2. The number of hydrogen-bond donors (Lipinski definition) is 4. The lowest BCUT2D eigenvalue weighted by Crippen LogP contribution is -2.46. The number of aromatic hydroxyl groups is 1. The Morgan fingerprint density at radius 3 is 2.23 bits per heavy atom. The van der Waals surface area contributed by atoms with E-state index in [0.29, 0.717) is 22.7 Å². The Kier molecular flexibility index (Phi) is 14.8. The molecule has 3 atom stereocenters. The second-order valence-electron chi connectivity index (χ2n) is 13.5. The number of thioether (sulfide) groups is 1. The number of carbonyl (C=O) groups excluding carboxylic acids is 2. The lowest BCUT2D eigenvalue weighted by molar-refractivity contribution is -0.141. The first kappa shape index (κ1) is 41.7. The van der Waals surface area contributed by atoms with Crippen LogP contribution in [0.1, 0.15) is 70.3 Å². The van der Waals surface area contributed by atoms with E-state index >= 15 is 0 Å². The third kappa shape index (κ3) is 11.0. The number of anilines is 2. The van der Waals surface area contributed by atoms with Gasteiger partial charge in [-0.2, -0.15) is 5.48 Å². The van der Waals surface area contributed by atoms with Gasteiger partial charge in [-0.3, -0.25) is 13.8 Å². The van der Waals surface area contributed by atoms with Crippen molar-refractivity contribution < 1.29 is 42.1 Å². The van der Waals surface area contributed by atoms with Crippen molar-refractivity contribution in [3.8, 4) is 11.5 Å². The van der Waals surface area contributed by atoms with E-state index < -0.39 is 62.2 Å². The maximum absolute atomic E-state index is 14.4. The fourth-order valence-corrected chi connectivity index (χ4v) is 9.98. The number of phenols is 1. The number of rotatable bonds is 18. The first-order chi connectivity index (χ1) is 25.2. The molecule has 3 aromatic rings. The van der Waals surface area contributed by atoms with Gasteiger partial charge in [-0.1, -0.05) is 69.9 Å². The summed E-state index contributed by atoms with van der Waals surface area (Å²) in [6, 6.07) is 17.0. The Morgan fingerprint density at radius 1 is 1.02 bits per heavy atom. The molecule has 4 N–H and O–H groups in total. The highest BCUT2D eigenvalue weighted by molar-refractivity contribution is 7.98. The smallest absolute Gasteiger partial charge is 0.327 e. The second kappa shape index (κ2) is 18.8. The number of aliphatic carboxylic acids is 1. The number of carboxylic acids is 1. The fourth-order valence-electron chi connectivity index (χ4n) is 6.64. The Labute approximate surface area is 318 Å². The summed E-state index contributed by atoms with van der Waals surface area (Å²) in [5.41, 5.74) is 3.57. The van der Waals surface area contributed by atoms with Crippen LogP contribution in [-0.2, 0) is 35.0 Å². The summed E-state index contributed by atoms with van der Waals surface area (Å²) in [4.78, 5) is 47.1. The third-order valence-corrected chi connectivity index (χ3v) is 12.9. The van der Waals surface area contributed by atoms with Crippen molar-refractivity contribution in [3.05, 3.63) is 72.3 Å². The topological polar surface area (TPSA) is 179 Å². The zero-order valence-electron chi connectivity index (χ0n) is 30.5. The van der Waals surface area contributed by atoms with Crippen molar-refractivity contribution in [1.82, 2.24) is 10.8 Å². The van der Waals surface area contributed by atoms with Gasteiger partial charge < -0.3 is 25.3 Å². The van der Waals surface area contributed by atoms with Crippen molar-refractivity contribution in [2.45, 2.75) is 80.5 Å². The zero-order valence-corrected chi connectivity index (χ0v) is 33.0. The molecule has 53 heavy (non-hydrogen) atoms. The number of sulfone groups is 1. The highest BCUT2D eigenvalue weighted by Crippen LogP contribution is 2.47. The third-order valence-electron chi connectivity index (χ3n) is 9.34. The number of para-hydroxylation sites is 1. The maximum Gasteiger partial charge on any atom is 0.327 e. The highest BCUT2D eigenvalue weighted by Gasteiger charge is 2.42. The van der Waals surface area contributed by atoms with Crippen LogP contribution in [0.3, 0.4) is 0 Å². The molecule has 2 amide bonds. The van der Waals surface area contributed by atoms with Crippen molar-refractivity contribution in [2.24, 2.45) is 5.41 Å². The van der Waals surface area contributed by atoms with Gasteiger partial charge in [0.05, 0.1) is 32.9 Å². The number of nitrogens with zero attached hydrogens (tertiary/aromatic N) is 1. The number of nitrogens with one attached hydrogen (secondary N) is 2. The molecule has 0 aromatic heterocycles. The van der Waals surface area contributed by atoms with Gasteiger partial charge in [0.25, 0.3) is 5.91 Å². The summed E-state index contributed by atoms with van der Waals surface area (Å²) in [6.45, 7) is 4.73. The van der Waals surface area contributed by atoms with E-state index in [1.54, 1.807) is 6.07 Å². The number of unbranched alkanes of at least 4 members (excludes halogenated alkanes) is 2. The van der Waals surface area contributed by atoms with Crippen LogP contribution in [0.4, 0.5) is 11.4 Å². The normalized spacial score (nSPS) is 16.3. The number of benzene rings is 3. The molecule has 0 bridgehead atoms. The van der Waals surface area contributed by atoms with Crippen LogP contribution in [0.15, 0.2) is 76.5 Å². The summed E-state index contributed by atoms with van der Waals surface area (Å²) in [5, 5.41) is 21.8. The SMILES string of the molecule is CCCCC1(CCCC)CN(c2ccccc2)c2cc(SC)c(ONC(=O)CC(C(=O)NC(CS(C)=O)C(=O)O)c3ccc(O)cc3)cc2S(=O)(=O)C1. The molecule has 3 unspecified atom stereocenters. The van der Waals surface area contributed by atoms with E-state index in [-0.39, 0.29) is 27.9 Å². The Morgan fingerprint density at radius 2 is 1.66 bits per heavy atom. The molecule has 15 heteroatoms. The molecule has 1 aliphatic rings. The first-order valence-electron chi connectivity index (χ1n) is 17.6. The minimum Gasteiger partial charge on any atom is -0.508 e. The average Bonchev–Trinajstić information content (AvgIpc) is 3.22. The summed E-state index contributed by atoms with van der Waals surface area (Å²) in [7, 11) is -5.39. The van der Waals surface area contributed by atoms with Crippen molar-refractivity contribution in [2.75, 3.05) is 35.5 Å². The molecule has 4 rings (SSSR count). The van der Waals surface area contributed by atoms with Gasteiger partial charge in [0.15, 0.2) is 15.6 Å². The molecule has 0 fully saturated rings. The van der Waals surface area contributed by atoms with E-state index in [0.717, 1.165) is 44.2 Å². The maximum atomic E-state index is 14.4. The van der Waals surface area contributed by atoms with E-state index in [2.05, 4.69) is 29.5 Å². The van der Waals surface area contributed by atoms with Crippen molar-refractivity contribution in [1.29, 1.82) is 0 Å². The second-order valence-corrected chi connectivity index (χ2v) is 17.8. The Bertz CT molecular complexity index is 1860. The lowest BCUT2D eigenvalue weighted by atomic mass is 9.79. The minimum absolute atomic E-state index is 0.0346. The highest BCUT2D eigenvalue weighted by atomic mass is 32.2. The molecule has 0 radical (unpaired) electrons. The van der Waals surface area contributed by atoms with E-state index in [1.807, 2.05) is 36.6 Å². The minimum atomic E-state index is -3.86. The van der Waals surface area contributed by atoms with Crippen molar-refractivity contribution >= 4 is 61.6 Å². The van der Waals surface area contributed by atoms with E-state index in [4.69, 9.17) is 4.84 Å². The van der Waals surface area contributed by atoms with E-state index in [1.165, 1.54) is 48.3 Å². The molecule has 1 aliphatic heterocycles. The van der Waals surface area contributed by atoms with Gasteiger partial charge in [-0.25, -0.2) is 13.2 Å². The summed E-state index contributed by atoms with van der Waals surface area (Å²) in [5.74, 6) is -4.49. The lowest BCUT2D eigenvalue weighted by Gasteiger charge is -2.37. The number of hydrogen-bond acceptors (Lipinski definition) is 10. The molecular formula is C38H49N3O9S3. The van der Waals surface area contributed by atoms with Gasteiger partial charge in [0, 0.05) is 47.2 Å². The average molecular weight is 788 g/mol.